The highest BCUT2D eigenvalue weighted by molar-refractivity contribution is 6.26. The van der Waals surface area contributed by atoms with Gasteiger partial charge in [-0.3, -0.25) is 4.57 Å². The Hall–Kier alpha value is -8.14. The minimum Gasteiger partial charge on any atom is -0.278 e. The van der Waals surface area contributed by atoms with Crippen LogP contribution in [0.2, 0.25) is 0 Å². The Morgan fingerprint density at radius 3 is 1.66 bits per heavy atom. The molecule has 0 saturated carbocycles. The summed E-state index contributed by atoms with van der Waals surface area (Å²) in [5, 5.41) is 8.46. The lowest BCUT2D eigenvalue weighted by Gasteiger charge is -2.40. The Kier molecular flexibility index (Phi) is 6.76. The molecule has 3 heteroatoms. The number of fused-ring (bicyclic) bond motifs is 15. The van der Waals surface area contributed by atoms with Crippen molar-refractivity contribution in [3.8, 4) is 50.6 Å². The van der Waals surface area contributed by atoms with Crippen molar-refractivity contribution in [2.24, 2.45) is 0 Å². The largest absolute Gasteiger partial charge is 0.278 e. The summed E-state index contributed by atoms with van der Waals surface area (Å²) in [6, 6.07) is 77.9. The quantitative estimate of drug-likeness (QED) is 0.179. The summed E-state index contributed by atoms with van der Waals surface area (Å²) in [4.78, 5) is 10.9. The fraction of sp³-hybridized carbons (Fsp3) is 0.0169. The van der Waals surface area contributed by atoms with Crippen molar-refractivity contribution in [3.05, 3.63) is 235 Å². The van der Waals surface area contributed by atoms with Crippen molar-refractivity contribution in [1.82, 2.24) is 14.5 Å². The predicted octanol–water partition coefficient (Wildman–Crippen LogP) is 14.7. The van der Waals surface area contributed by atoms with Crippen LogP contribution in [-0.2, 0) is 5.41 Å². The Morgan fingerprint density at radius 2 is 0.903 bits per heavy atom. The molecule has 1 spiro atoms. The third-order valence-corrected chi connectivity index (χ3v) is 13.8. The Labute approximate surface area is 357 Å². The second kappa shape index (κ2) is 12.4. The number of aromatic nitrogens is 3. The molecule has 286 valence electrons. The van der Waals surface area contributed by atoms with Gasteiger partial charge in [0.1, 0.15) is 0 Å². The second-order valence-electron chi connectivity index (χ2n) is 16.8. The molecule has 0 bridgehead atoms. The summed E-state index contributed by atoms with van der Waals surface area (Å²) in [5.74, 6) is 0.658. The maximum Gasteiger partial charge on any atom is 0.235 e. The summed E-state index contributed by atoms with van der Waals surface area (Å²) in [7, 11) is 0. The van der Waals surface area contributed by atoms with Crippen molar-refractivity contribution in [2.75, 3.05) is 0 Å². The van der Waals surface area contributed by atoms with E-state index in [1.807, 2.05) is 0 Å². The molecule has 0 aliphatic heterocycles. The van der Waals surface area contributed by atoms with Gasteiger partial charge in [0.25, 0.3) is 0 Å². The van der Waals surface area contributed by atoms with Gasteiger partial charge in [0, 0.05) is 21.7 Å². The van der Waals surface area contributed by atoms with Gasteiger partial charge in [0.05, 0.1) is 27.7 Å². The topological polar surface area (TPSA) is 30.7 Å². The first-order valence-corrected chi connectivity index (χ1v) is 21.4. The van der Waals surface area contributed by atoms with E-state index in [4.69, 9.17) is 9.97 Å². The lowest BCUT2D eigenvalue weighted by Crippen LogP contribution is -2.31. The Bertz CT molecular complexity index is 3830. The van der Waals surface area contributed by atoms with Gasteiger partial charge in [-0.1, -0.05) is 188 Å². The fourth-order valence-electron chi connectivity index (χ4n) is 11.3. The van der Waals surface area contributed by atoms with Gasteiger partial charge in [-0.15, -0.1) is 0 Å². The van der Waals surface area contributed by atoms with Crippen molar-refractivity contribution in [3.63, 3.8) is 0 Å². The highest BCUT2D eigenvalue weighted by atomic mass is 15.2. The van der Waals surface area contributed by atoms with Crippen LogP contribution >= 0.6 is 0 Å². The number of rotatable bonds is 3. The zero-order valence-corrected chi connectivity index (χ0v) is 33.5. The van der Waals surface area contributed by atoms with Crippen LogP contribution in [0.15, 0.2) is 212 Å². The predicted molar refractivity (Wildman–Crippen MR) is 256 cm³/mol. The summed E-state index contributed by atoms with van der Waals surface area (Å²) in [5.41, 5.74) is 17.4. The molecule has 2 aromatic heterocycles. The van der Waals surface area contributed by atoms with Crippen molar-refractivity contribution in [1.29, 1.82) is 0 Å². The van der Waals surface area contributed by atoms with Gasteiger partial charge >= 0.3 is 0 Å². The van der Waals surface area contributed by atoms with E-state index in [9.17, 15) is 0 Å². The number of para-hydroxylation sites is 2. The van der Waals surface area contributed by atoms with Gasteiger partial charge in [0.2, 0.25) is 5.95 Å². The first kappa shape index (κ1) is 33.7. The van der Waals surface area contributed by atoms with Crippen LogP contribution in [0.4, 0.5) is 0 Å². The third kappa shape index (κ3) is 4.39. The van der Waals surface area contributed by atoms with Crippen LogP contribution in [0.25, 0.3) is 105 Å². The van der Waals surface area contributed by atoms with Crippen LogP contribution in [0, 0.1) is 0 Å². The molecule has 0 radical (unpaired) electrons. The average molecular weight is 786 g/mol. The zero-order valence-electron chi connectivity index (χ0n) is 33.5. The van der Waals surface area contributed by atoms with Gasteiger partial charge in [0.15, 0.2) is 0 Å². The van der Waals surface area contributed by atoms with E-state index in [0.717, 1.165) is 33.2 Å². The summed E-state index contributed by atoms with van der Waals surface area (Å²) < 4.78 is 2.31. The molecule has 10 aromatic carbocycles. The van der Waals surface area contributed by atoms with Gasteiger partial charge in [-0.2, -0.15) is 0 Å². The molecular weight excluding hydrogens is 751 g/mol. The molecule has 0 saturated heterocycles. The lowest BCUT2D eigenvalue weighted by atomic mass is 9.61. The van der Waals surface area contributed by atoms with E-state index in [2.05, 4.69) is 217 Å². The molecule has 14 rings (SSSR count). The van der Waals surface area contributed by atoms with Crippen molar-refractivity contribution < 1.29 is 0 Å². The molecule has 0 N–H and O–H groups in total. The molecule has 0 amide bonds. The first-order chi connectivity index (χ1) is 30.8. The summed E-state index contributed by atoms with van der Waals surface area (Å²) in [6.45, 7) is 0. The van der Waals surface area contributed by atoms with Gasteiger partial charge < -0.3 is 0 Å². The molecule has 0 unspecified atom stereocenters. The monoisotopic (exact) mass is 785 g/mol. The lowest BCUT2D eigenvalue weighted by molar-refractivity contribution is 0.773. The first-order valence-electron chi connectivity index (χ1n) is 21.4. The number of nitrogens with zero attached hydrogens (tertiary/aromatic N) is 3. The minimum atomic E-state index is -0.456. The van der Waals surface area contributed by atoms with Crippen LogP contribution < -0.4 is 0 Å². The van der Waals surface area contributed by atoms with Gasteiger partial charge in [-0.05, 0) is 101 Å². The highest BCUT2D eigenvalue weighted by Gasteiger charge is 2.50. The van der Waals surface area contributed by atoms with E-state index in [0.29, 0.717) is 5.95 Å². The zero-order chi connectivity index (χ0) is 40.5. The van der Waals surface area contributed by atoms with E-state index < -0.39 is 5.41 Å². The van der Waals surface area contributed by atoms with E-state index in [1.165, 1.54) is 88.0 Å². The molecule has 12 aromatic rings. The van der Waals surface area contributed by atoms with Crippen LogP contribution in [-0.4, -0.2) is 14.5 Å². The number of hydrogen-bond acceptors (Lipinski definition) is 2. The Morgan fingerprint density at radius 1 is 0.339 bits per heavy atom. The van der Waals surface area contributed by atoms with Crippen molar-refractivity contribution in [2.45, 2.75) is 5.41 Å². The van der Waals surface area contributed by atoms with Crippen LogP contribution in [0.5, 0.6) is 0 Å². The summed E-state index contributed by atoms with van der Waals surface area (Å²) >= 11 is 0. The molecule has 62 heavy (non-hydrogen) atoms. The second-order valence-corrected chi connectivity index (χ2v) is 16.8. The number of benzene rings is 10. The summed E-state index contributed by atoms with van der Waals surface area (Å²) in [6.07, 6.45) is 0. The third-order valence-electron chi connectivity index (χ3n) is 13.8. The maximum absolute atomic E-state index is 5.53. The molecule has 3 nitrogen and oxygen atoms in total. The molecule has 2 aliphatic carbocycles. The van der Waals surface area contributed by atoms with Crippen molar-refractivity contribution >= 4 is 54.3 Å². The Balaban J connectivity index is 1.03. The molecule has 0 fully saturated rings. The smallest absolute Gasteiger partial charge is 0.235 e. The average Bonchev–Trinajstić information content (AvgIpc) is 3.83. The highest BCUT2D eigenvalue weighted by Crippen LogP contribution is 2.62. The fourth-order valence-corrected chi connectivity index (χ4v) is 11.3. The molecular formula is C59H35N3. The standard InChI is InChI=1S/C59H35N3/c1-2-15-39-34-40(33-30-36(39)14-1)37-28-31-38(32-29-37)57-44-19-6-11-26-52(44)60-58(61-57)62-53-27-12-7-20-45(53)56-46-21-13-25-51-55(46)47(35-54(56)62)43-18-5-10-24-50(43)59(51)48-22-8-3-16-41(48)42-17-4-9-23-49(42)59/h1-35H. The minimum absolute atomic E-state index is 0.456. The van der Waals surface area contributed by atoms with Crippen LogP contribution in [0.3, 0.4) is 0 Å². The molecule has 2 heterocycles. The van der Waals surface area contributed by atoms with Crippen LogP contribution in [0.1, 0.15) is 22.3 Å². The molecule has 2 aliphatic rings. The number of hydrogen-bond donors (Lipinski definition) is 0. The maximum atomic E-state index is 5.53. The SMILES string of the molecule is c1ccc2c(c1)-c1ccccc1C21c2ccccc2-c2cc3c(c4cccc1c24)c1ccccc1n3-c1nc(-c2ccc(-c3ccc4ccccc4c3)cc2)c2ccccc2n1. The van der Waals surface area contributed by atoms with E-state index in [-0.39, 0.29) is 0 Å². The van der Waals surface area contributed by atoms with Gasteiger partial charge in [-0.25, -0.2) is 9.97 Å². The van der Waals surface area contributed by atoms with E-state index in [1.54, 1.807) is 0 Å². The normalized spacial score (nSPS) is 13.3. The van der Waals surface area contributed by atoms with E-state index >= 15 is 0 Å². The molecule has 0 atom stereocenters.